The molecule has 3 N–H and O–H groups in total. The highest BCUT2D eigenvalue weighted by atomic mass is 35.5. The third-order valence-electron chi connectivity index (χ3n) is 11.1. The van der Waals surface area contributed by atoms with Gasteiger partial charge in [0.1, 0.15) is 11.5 Å². The van der Waals surface area contributed by atoms with Crippen molar-refractivity contribution in [3.63, 3.8) is 0 Å². The highest BCUT2D eigenvalue weighted by molar-refractivity contribution is 6.36. The van der Waals surface area contributed by atoms with Gasteiger partial charge in [0.05, 0.1) is 54.2 Å². The van der Waals surface area contributed by atoms with Crippen LogP contribution in [0, 0.1) is 10.8 Å². The Bertz CT molecular complexity index is 2230. The fourth-order valence-electron chi connectivity index (χ4n) is 8.41. The molecule has 53 heavy (non-hydrogen) atoms. The number of pyridine rings is 1. The van der Waals surface area contributed by atoms with Crippen molar-refractivity contribution >= 4 is 34.3 Å². The summed E-state index contributed by atoms with van der Waals surface area (Å²) in [5, 5.41) is 4.61. The van der Waals surface area contributed by atoms with Gasteiger partial charge in [-0.3, -0.25) is 19.4 Å². The molecule has 0 saturated carbocycles. The molecule has 0 bridgehead atoms. The fraction of sp³-hybridized carbons (Fsp3) is 0.341. The van der Waals surface area contributed by atoms with E-state index in [9.17, 15) is 9.59 Å². The summed E-state index contributed by atoms with van der Waals surface area (Å²) in [5.41, 5.74) is 12.4. The van der Waals surface area contributed by atoms with E-state index in [2.05, 4.69) is 43.9 Å². The molecule has 5 aromatic rings. The highest BCUT2D eigenvalue weighted by Gasteiger charge is 2.48. The van der Waals surface area contributed by atoms with Gasteiger partial charge in [-0.15, -0.1) is 0 Å². The molecule has 2 aromatic heterocycles. The number of carbonyl (C=O) groups excluding carboxylic acids is 2. The average molecular weight is 735 g/mol. The summed E-state index contributed by atoms with van der Waals surface area (Å²) in [4.78, 5) is 33.1. The van der Waals surface area contributed by atoms with Crippen molar-refractivity contribution in [2.75, 3.05) is 54.1 Å². The first-order valence-electron chi connectivity index (χ1n) is 17.7. The van der Waals surface area contributed by atoms with Crippen molar-refractivity contribution < 1.29 is 23.8 Å². The van der Waals surface area contributed by atoms with Crippen molar-refractivity contribution in [3.05, 3.63) is 89.1 Å². The molecule has 2 amide bonds. The number of nitrogens with two attached hydrogens (primary N) is 1. The number of rotatable bonds is 11. The Morgan fingerprint density at radius 3 is 2.23 bits per heavy atom. The summed E-state index contributed by atoms with van der Waals surface area (Å²) in [5.74, 6) is 1.83. The minimum absolute atomic E-state index is 0.0616. The van der Waals surface area contributed by atoms with E-state index < -0.39 is 5.41 Å². The number of amides is 2. The molecule has 3 aromatic carbocycles. The predicted molar refractivity (Wildman–Crippen MR) is 205 cm³/mol. The number of fused-ring (bicyclic) bond motifs is 1. The zero-order valence-electron chi connectivity index (χ0n) is 30.4. The Morgan fingerprint density at radius 2 is 1.57 bits per heavy atom. The number of hydrogen-bond acceptors (Lipinski definition) is 8. The Labute approximate surface area is 313 Å². The van der Waals surface area contributed by atoms with Crippen LogP contribution in [0.25, 0.3) is 39.0 Å². The van der Waals surface area contributed by atoms with Crippen molar-refractivity contribution in [1.29, 1.82) is 0 Å². The maximum atomic E-state index is 11.9. The Morgan fingerprint density at radius 1 is 0.887 bits per heavy atom. The van der Waals surface area contributed by atoms with Crippen LogP contribution < -0.4 is 25.3 Å². The fourth-order valence-corrected chi connectivity index (χ4v) is 8.73. The number of nitrogens with one attached hydrogen (secondary N) is 1. The number of likely N-dealkylation sites (tertiary alicyclic amines) is 2. The molecule has 3 fully saturated rings. The minimum Gasteiger partial charge on any atom is -0.496 e. The predicted octanol–water partition coefficient (Wildman–Crippen LogP) is 5.67. The number of primary amides is 1. The first-order valence-corrected chi connectivity index (χ1v) is 18.1. The van der Waals surface area contributed by atoms with Crippen molar-refractivity contribution in [2.24, 2.45) is 16.6 Å². The summed E-state index contributed by atoms with van der Waals surface area (Å²) < 4.78 is 19.7. The normalized spacial score (nSPS) is 17.7. The van der Waals surface area contributed by atoms with Gasteiger partial charge in [-0.25, -0.2) is 4.98 Å². The van der Waals surface area contributed by atoms with Crippen LogP contribution in [0.5, 0.6) is 17.4 Å². The maximum absolute atomic E-state index is 11.9. The Balaban J connectivity index is 1.07. The van der Waals surface area contributed by atoms with Crippen LogP contribution in [-0.4, -0.2) is 85.2 Å². The third kappa shape index (κ3) is 6.16. The van der Waals surface area contributed by atoms with E-state index >= 15 is 0 Å². The molecule has 0 atom stereocenters. The molecule has 5 heterocycles. The Kier molecular flexibility index (Phi) is 8.83. The molecule has 1 spiro atoms. The largest absolute Gasteiger partial charge is 0.496 e. The van der Waals surface area contributed by atoms with Gasteiger partial charge in [0, 0.05) is 98.1 Å². The van der Waals surface area contributed by atoms with Crippen LogP contribution in [0.15, 0.2) is 72.9 Å². The van der Waals surface area contributed by atoms with Crippen LogP contribution in [0.4, 0.5) is 0 Å². The number of halogens is 1. The SMILES string of the molecule is COc1cc(-n2ccc3c(-c4cccc(-c5ccc(CN6CC7(CNC(=O)C7)C6)c(OC)n5)c4Cl)cccc32)cc(OC)c1CN1CC(C)(C(N)=O)C1. The summed E-state index contributed by atoms with van der Waals surface area (Å²) in [6.45, 7) is 6.85. The van der Waals surface area contributed by atoms with Crippen molar-refractivity contribution in [1.82, 2.24) is 24.7 Å². The average Bonchev–Trinajstić information content (AvgIpc) is 3.75. The Hall–Kier alpha value is -5.10. The lowest BCUT2D eigenvalue weighted by Crippen LogP contribution is -2.60. The van der Waals surface area contributed by atoms with Crippen molar-refractivity contribution in [2.45, 2.75) is 26.4 Å². The van der Waals surface area contributed by atoms with Crippen LogP contribution in [0.1, 0.15) is 24.5 Å². The molecule has 274 valence electrons. The van der Waals surface area contributed by atoms with Gasteiger partial charge in [-0.1, -0.05) is 48.0 Å². The quantitative estimate of drug-likeness (QED) is 0.178. The molecule has 0 radical (unpaired) electrons. The lowest BCUT2D eigenvalue weighted by atomic mass is 9.79. The number of ether oxygens (including phenoxy) is 3. The van der Waals surface area contributed by atoms with Gasteiger partial charge in [0.25, 0.3) is 0 Å². The number of nitrogens with zero attached hydrogens (tertiary/aromatic N) is 4. The number of methoxy groups -OCH3 is 3. The smallest absolute Gasteiger partial charge is 0.225 e. The molecular formula is C41H43ClN6O5. The van der Waals surface area contributed by atoms with E-state index in [4.69, 9.17) is 36.5 Å². The molecule has 12 heteroatoms. The summed E-state index contributed by atoms with van der Waals surface area (Å²) in [6, 6.07) is 22.4. The van der Waals surface area contributed by atoms with Crippen LogP contribution in [0.2, 0.25) is 5.02 Å². The molecule has 3 saturated heterocycles. The molecule has 3 aliphatic heterocycles. The molecule has 0 aliphatic carbocycles. The van der Waals surface area contributed by atoms with E-state index in [-0.39, 0.29) is 17.2 Å². The summed E-state index contributed by atoms with van der Waals surface area (Å²) >= 11 is 7.23. The zero-order valence-corrected chi connectivity index (χ0v) is 31.1. The number of aromatic nitrogens is 2. The van der Waals surface area contributed by atoms with Gasteiger partial charge in [-0.05, 0) is 30.7 Å². The lowest BCUT2D eigenvalue weighted by molar-refractivity contribution is -0.136. The standard InChI is InChI=1S/C41H43ClN6O5/c1-40(39(43)50)21-47(22-40)19-31-34(51-2)15-26(16-35(31)52-3)48-14-13-28-27(7-6-10-33(28)48)29-8-5-9-30(37(29)42)32-12-11-25(38(45-32)53-4)18-46-23-41(24-46)17-36(49)44-20-41/h5-16H,17-24H2,1-4H3,(H2,43,50)(H,44,49). The molecule has 3 aliphatic rings. The second-order valence-corrected chi connectivity index (χ2v) is 15.3. The van der Waals surface area contributed by atoms with E-state index in [0.717, 1.165) is 69.7 Å². The first kappa shape index (κ1) is 35.0. The molecular weight excluding hydrogens is 692 g/mol. The first-order chi connectivity index (χ1) is 25.5. The number of benzene rings is 3. The van der Waals surface area contributed by atoms with E-state index in [1.54, 1.807) is 21.3 Å². The monoisotopic (exact) mass is 734 g/mol. The number of carbonyl (C=O) groups is 2. The van der Waals surface area contributed by atoms with Gasteiger partial charge in [0.2, 0.25) is 17.7 Å². The van der Waals surface area contributed by atoms with Crippen LogP contribution in [0.3, 0.4) is 0 Å². The van der Waals surface area contributed by atoms with E-state index in [1.807, 2.05) is 55.6 Å². The lowest BCUT2D eigenvalue weighted by Gasteiger charge is -2.47. The van der Waals surface area contributed by atoms with Crippen molar-refractivity contribution in [3.8, 4) is 45.5 Å². The topological polar surface area (TPSA) is 124 Å². The zero-order chi connectivity index (χ0) is 37.1. The second-order valence-electron chi connectivity index (χ2n) is 15.0. The van der Waals surface area contributed by atoms with Gasteiger partial charge in [-0.2, -0.15) is 0 Å². The van der Waals surface area contributed by atoms with Gasteiger partial charge >= 0.3 is 0 Å². The van der Waals surface area contributed by atoms with Crippen LogP contribution >= 0.6 is 11.6 Å². The van der Waals surface area contributed by atoms with Gasteiger partial charge < -0.3 is 29.8 Å². The maximum Gasteiger partial charge on any atom is 0.225 e. The van der Waals surface area contributed by atoms with E-state index in [1.165, 1.54) is 0 Å². The van der Waals surface area contributed by atoms with E-state index in [0.29, 0.717) is 55.0 Å². The molecule has 11 nitrogen and oxygen atoms in total. The minimum atomic E-state index is -0.519. The molecule has 0 unspecified atom stereocenters. The summed E-state index contributed by atoms with van der Waals surface area (Å²) in [6.07, 6.45) is 2.64. The third-order valence-corrected chi connectivity index (χ3v) is 11.5. The van der Waals surface area contributed by atoms with Gasteiger partial charge in [0.15, 0.2) is 0 Å². The number of hydrogen-bond donors (Lipinski definition) is 2. The van der Waals surface area contributed by atoms with Crippen LogP contribution in [-0.2, 0) is 22.7 Å². The second kappa shape index (κ2) is 13.4. The highest BCUT2D eigenvalue weighted by Crippen LogP contribution is 2.43. The molecule has 8 rings (SSSR count). The summed E-state index contributed by atoms with van der Waals surface area (Å²) in [7, 11) is 4.95.